The lowest BCUT2D eigenvalue weighted by Crippen LogP contribution is -2.16. The van der Waals surface area contributed by atoms with Gasteiger partial charge in [-0.25, -0.2) is 0 Å². The minimum Gasteiger partial charge on any atom is -0.316 e. The number of hydrogen-bond donors (Lipinski definition) is 1. The van der Waals surface area contributed by atoms with Crippen LogP contribution in [-0.2, 0) is 18.6 Å². The number of thioether (sulfide) groups is 1. The summed E-state index contributed by atoms with van der Waals surface area (Å²) >= 11 is 8.22. The fourth-order valence-electron chi connectivity index (χ4n) is 2.50. The van der Waals surface area contributed by atoms with E-state index in [1.807, 2.05) is 24.4 Å². The van der Waals surface area contributed by atoms with Crippen LogP contribution in [0.2, 0.25) is 5.02 Å². The maximum absolute atomic E-state index is 6.42. The molecule has 0 amide bonds. The summed E-state index contributed by atoms with van der Waals surface area (Å²) in [5.74, 6) is 0.866. The van der Waals surface area contributed by atoms with Gasteiger partial charge in [-0.2, -0.15) is 0 Å². The first-order valence-corrected chi connectivity index (χ1v) is 8.24. The molecule has 0 bridgehead atoms. The van der Waals surface area contributed by atoms with Crippen molar-refractivity contribution in [3.63, 3.8) is 0 Å². The molecule has 20 heavy (non-hydrogen) atoms. The van der Waals surface area contributed by atoms with Gasteiger partial charge in [0.15, 0.2) is 0 Å². The molecule has 0 aliphatic carbocycles. The first-order chi connectivity index (χ1) is 9.84. The van der Waals surface area contributed by atoms with Crippen LogP contribution in [0.15, 0.2) is 41.4 Å². The number of pyridine rings is 1. The zero-order chi connectivity index (χ0) is 13.8. The average molecular weight is 305 g/mol. The van der Waals surface area contributed by atoms with Gasteiger partial charge in [0.25, 0.3) is 0 Å². The smallest absolute Gasteiger partial charge is 0.0544 e. The predicted molar refractivity (Wildman–Crippen MR) is 85.5 cm³/mol. The van der Waals surface area contributed by atoms with Gasteiger partial charge in [-0.15, -0.1) is 11.8 Å². The van der Waals surface area contributed by atoms with Crippen molar-refractivity contribution in [2.24, 2.45) is 0 Å². The number of nitrogens with one attached hydrogen (secondary N) is 1. The molecule has 104 valence electrons. The van der Waals surface area contributed by atoms with Crippen LogP contribution >= 0.6 is 23.4 Å². The topological polar surface area (TPSA) is 24.9 Å². The molecule has 0 spiro atoms. The van der Waals surface area contributed by atoms with Crippen LogP contribution in [0.4, 0.5) is 0 Å². The molecule has 0 saturated carbocycles. The zero-order valence-corrected chi connectivity index (χ0v) is 12.8. The Morgan fingerprint density at radius 3 is 2.90 bits per heavy atom. The van der Waals surface area contributed by atoms with Gasteiger partial charge in [0.1, 0.15) is 0 Å². The molecule has 1 aliphatic rings. The highest BCUT2D eigenvalue weighted by molar-refractivity contribution is 7.98. The standard InChI is InChI=1S/C16H17ClN2S/c17-15-5-4-12-6-9-18-10-7-14(12)16(15)20-11-13-3-1-2-8-19-13/h1-5,8,18H,6-7,9-11H2. The third-order valence-electron chi connectivity index (χ3n) is 3.52. The third-order valence-corrected chi connectivity index (χ3v) is 5.15. The molecule has 0 unspecified atom stereocenters. The van der Waals surface area contributed by atoms with Gasteiger partial charge in [-0.3, -0.25) is 4.98 Å². The Labute approximate surface area is 129 Å². The summed E-state index contributed by atoms with van der Waals surface area (Å²) in [6.45, 7) is 2.09. The largest absolute Gasteiger partial charge is 0.316 e. The summed E-state index contributed by atoms with van der Waals surface area (Å²) in [5.41, 5.74) is 3.95. The molecule has 0 fully saturated rings. The van der Waals surface area contributed by atoms with Gasteiger partial charge >= 0.3 is 0 Å². The minimum atomic E-state index is 0.866. The summed E-state index contributed by atoms with van der Waals surface area (Å²) < 4.78 is 0. The highest BCUT2D eigenvalue weighted by Crippen LogP contribution is 2.35. The van der Waals surface area contributed by atoms with Gasteiger partial charge in [0, 0.05) is 16.8 Å². The molecule has 0 atom stereocenters. The Balaban J connectivity index is 1.85. The minimum absolute atomic E-state index is 0.866. The maximum Gasteiger partial charge on any atom is 0.0544 e. The summed E-state index contributed by atoms with van der Waals surface area (Å²) in [5, 5.41) is 4.32. The molecule has 3 rings (SSSR count). The Morgan fingerprint density at radius 1 is 1.15 bits per heavy atom. The SMILES string of the molecule is Clc1ccc2c(c1SCc1ccccn1)CCNCC2. The number of aromatic nitrogens is 1. The van der Waals surface area contributed by atoms with Crippen molar-refractivity contribution in [2.45, 2.75) is 23.5 Å². The van der Waals surface area contributed by atoms with E-state index in [1.54, 1.807) is 11.8 Å². The Morgan fingerprint density at radius 2 is 2.05 bits per heavy atom. The Kier molecular flexibility index (Phi) is 4.61. The lowest BCUT2D eigenvalue weighted by molar-refractivity contribution is 0.709. The fraction of sp³-hybridized carbons (Fsp3) is 0.312. The van der Waals surface area contributed by atoms with Gasteiger partial charge in [-0.1, -0.05) is 23.7 Å². The van der Waals surface area contributed by atoms with E-state index in [0.717, 1.165) is 42.4 Å². The number of hydrogen-bond acceptors (Lipinski definition) is 3. The van der Waals surface area contributed by atoms with E-state index in [1.165, 1.54) is 16.0 Å². The number of rotatable bonds is 3. The monoisotopic (exact) mass is 304 g/mol. The van der Waals surface area contributed by atoms with Gasteiger partial charge in [0.05, 0.1) is 10.7 Å². The van der Waals surface area contributed by atoms with E-state index in [4.69, 9.17) is 11.6 Å². The molecule has 1 aromatic heterocycles. The van der Waals surface area contributed by atoms with Crippen LogP contribution in [0.25, 0.3) is 0 Å². The van der Waals surface area contributed by atoms with Crippen LogP contribution in [0.5, 0.6) is 0 Å². The first-order valence-electron chi connectivity index (χ1n) is 6.88. The molecular weight excluding hydrogens is 288 g/mol. The van der Waals surface area contributed by atoms with Crippen LogP contribution in [0, 0.1) is 0 Å². The second kappa shape index (κ2) is 6.61. The van der Waals surface area contributed by atoms with Gasteiger partial charge in [-0.05, 0) is 55.3 Å². The number of nitrogens with zero attached hydrogens (tertiary/aromatic N) is 1. The molecule has 1 N–H and O–H groups in total. The lowest BCUT2D eigenvalue weighted by atomic mass is 10.0. The maximum atomic E-state index is 6.42. The summed E-state index contributed by atoms with van der Waals surface area (Å²) in [6.07, 6.45) is 3.98. The van der Waals surface area contributed by atoms with E-state index in [0.29, 0.717) is 0 Å². The fourth-order valence-corrected chi connectivity index (χ4v) is 3.91. The van der Waals surface area contributed by atoms with E-state index >= 15 is 0 Å². The van der Waals surface area contributed by atoms with Gasteiger partial charge in [0.2, 0.25) is 0 Å². The van der Waals surface area contributed by atoms with Gasteiger partial charge < -0.3 is 5.32 Å². The molecule has 2 nitrogen and oxygen atoms in total. The van der Waals surface area contributed by atoms with Crippen molar-refractivity contribution in [1.29, 1.82) is 0 Å². The highest BCUT2D eigenvalue weighted by atomic mass is 35.5. The summed E-state index contributed by atoms with van der Waals surface area (Å²) in [4.78, 5) is 5.61. The molecule has 2 aromatic rings. The number of halogens is 1. The van der Waals surface area contributed by atoms with Crippen molar-refractivity contribution in [1.82, 2.24) is 10.3 Å². The molecule has 1 aliphatic heterocycles. The Hall–Kier alpha value is -1.03. The van der Waals surface area contributed by atoms with Crippen molar-refractivity contribution in [3.05, 3.63) is 58.4 Å². The number of benzene rings is 1. The molecule has 0 radical (unpaired) electrons. The lowest BCUT2D eigenvalue weighted by Gasteiger charge is -2.13. The second-order valence-corrected chi connectivity index (χ2v) is 6.27. The third kappa shape index (κ3) is 3.17. The number of fused-ring (bicyclic) bond motifs is 1. The van der Waals surface area contributed by atoms with Crippen molar-refractivity contribution >= 4 is 23.4 Å². The Bertz CT molecular complexity index is 587. The second-order valence-electron chi connectivity index (χ2n) is 4.87. The van der Waals surface area contributed by atoms with Crippen molar-refractivity contribution in [2.75, 3.05) is 13.1 Å². The normalized spacial score (nSPS) is 14.7. The molecular formula is C16H17ClN2S. The summed E-state index contributed by atoms with van der Waals surface area (Å²) in [6, 6.07) is 10.2. The van der Waals surface area contributed by atoms with Crippen LogP contribution in [0.3, 0.4) is 0 Å². The van der Waals surface area contributed by atoms with Crippen LogP contribution < -0.4 is 5.32 Å². The van der Waals surface area contributed by atoms with E-state index in [9.17, 15) is 0 Å². The van der Waals surface area contributed by atoms with E-state index in [2.05, 4.69) is 22.4 Å². The predicted octanol–water partition coefficient (Wildman–Crippen LogP) is 3.72. The van der Waals surface area contributed by atoms with E-state index in [-0.39, 0.29) is 0 Å². The molecule has 1 aromatic carbocycles. The molecule has 0 saturated heterocycles. The highest BCUT2D eigenvalue weighted by Gasteiger charge is 2.15. The molecule has 4 heteroatoms. The van der Waals surface area contributed by atoms with Crippen molar-refractivity contribution < 1.29 is 0 Å². The molecule has 2 heterocycles. The zero-order valence-electron chi connectivity index (χ0n) is 11.2. The quantitative estimate of drug-likeness (QED) is 0.875. The van der Waals surface area contributed by atoms with Crippen molar-refractivity contribution in [3.8, 4) is 0 Å². The van der Waals surface area contributed by atoms with Crippen LogP contribution in [-0.4, -0.2) is 18.1 Å². The first kappa shape index (κ1) is 13.9. The summed E-state index contributed by atoms with van der Waals surface area (Å²) in [7, 11) is 0. The van der Waals surface area contributed by atoms with E-state index < -0.39 is 0 Å². The van der Waals surface area contributed by atoms with Crippen LogP contribution in [0.1, 0.15) is 16.8 Å². The average Bonchev–Trinajstić information content (AvgIpc) is 2.73.